The van der Waals surface area contributed by atoms with Crippen LogP contribution in [-0.2, 0) is 0 Å². The summed E-state index contributed by atoms with van der Waals surface area (Å²) in [5.41, 5.74) is 0.273. The summed E-state index contributed by atoms with van der Waals surface area (Å²) in [6.45, 7) is 0. The highest BCUT2D eigenvalue weighted by atomic mass is 79.9. The van der Waals surface area contributed by atoms with Gasteiger partial charge in [0.05, 0.1) is 10.9 Å². The second-order valence-corrected chi connectivity index (χ2v) is 5.12. The zero-order valence-electron chi connectivity index (χ0n) is 9.95. The lowest BCUT2D eigenvalue weighted by molar-refractivity contribution is 0.510. The SMILES string of the molecule is O=c1[nH]c(-c2cccc(Br)c2)nc2cc(F)c(F)cc12. The van der Waals surface area contributed by atoms with Crippen molar-refractivity contribution < 1.29 is 8.78 Å². The van der Waals surface area contributed by atoms with Crippen molar-refractivity contribution in [3.05, 3.63) is 62.9 Å². The maximum atomic E-state index is 13.2. The molecule has 0 aliphatic rings. The van der Waals surface area contributed by atoms with E-state index in [2.05, 4.69) is 25.9 Å². The first kappa shape index (κ1) is 12.9. The molecule has 100 valence electrons. The van der Waals surface area contributed by atoms with Crippen molar-refractivity contribution in [3.8, 4) is 11.4 Å². The van der Waals surface area contributed by atoms with Gasteiger partial charge in [0.15, 0.2) is 11.6 Å². The first-order valence-electron chi connectivity index (χ1n) is 5.69. The second-order valence-electron chi connectivity index (χ2n) is 4.21. The van der Waals surface area contributed by atoms with E-state index in [0.717, 1.165) is 16.6 Å². The number of hydrogen-bond acceptors (Lipinski definition) is 2. The van der Waals surface area contributed by atoms with Crippen LogP contribution in [0.2, 0.25) is 0 Å². The topological polar surface area (TPSA) is 45.8 Å². The van der Waals surface area contributed by atoms with Crippen LogP contribution in [0.1, 0.15) is 0 Å². The molecular formula is C14H7BrF2N2O. The lowest BCUT2D eigenvalue weighted by Gasteiger charge is -2.04. The Balaban J connectivity index is 2.29. The Hall–Kier alpha value is -2.08. The molecule has 20 heavy (non-hydrogen) atoms. The largest absolute Gasteiger partial charge is 0.306 e. The molecule has 0 bridgehead atoms. The van der Waals surface area contributed by atoms with Gasteiger partial charge in [-0.1, -0.05) is 28.1 Å². The minimum Gasteiger partial charge on any atom is -0.306 e. The summed E-state index contributed by atoms with van der Waals surface area (Å²) in [6.07, 6.45) is 0. The number of hydrogen-bond donors (Lipinski definition) is 1. The zero-order valence-corrected chi connectivity index (χ0v) is 11.5. The van der Waals surface area contributed by atoms with Gasteiger partial charge in [0, 0.05) is 16.1 Å². The smallest absolute Gasteiger partial charge is 0.259 e. The average Bonchev–Trinajstić information content (AvgIpc) is 2.41. The number of rotatable bonds is 1. The third kappa shape index (κ3) is 2.22. The van der Waals surface area contributed by atoms with Crippen molar-refractivity contribution in [2.45, 2.75) is 0 Å². The Morgan fingerprint density at radius 3 is 2.60 bits per heavy atom. The molecule has 6 heteroatoms. The van der Waals surface area contributed by atoms with Gasteiger partial charge in [-0.15, -0.1) is 0 Å². The first-order chi connectivity index (χ1) is 9.54. The fourth-order valence-corrected chi connectivity index (χ4v) is 2.31. The molecule has 0 aliphatic heterocycles. The van der Waals surface area contributed by atoms with Gasteiger partial charge in [0.25, 0.3) is 5.56 Å². The van der Waals surface area contributed by atoms with Crippen LogP contribution < -0.4 is 5.56 Å². The van der Waals surface area contributed by atoms with Crippen molar-refractivity contribution in [2.24, 2.45) is 0 Å². The number of aromatic amines is 1. The predicted octanol–water partition coefficient (Wildman–Crippen LogP) is 3.63. The first-order valence-corrected chi connectivity index (χ1v) is 6.49. The monoisotopic (exact) mass is 336 g/mol. The van der Waals surface area contributed by atoms with Crippen LogP contribution in [0.3, 0.4) is 0 Å². The number of halogens is 3. The van der Waals surface area contributed by atoms with Gasteiger partial charge in [0.1, 0.15) is 5.82 Å². The van der Waals surface area contributed by atoms with Crippen LogP contribution in [-0.4, -0.2) is 9.97 Å². The number of aromatic nitrogens is 2. The molecular weight excluding hydrogens is 330 g/mol. The fraction of sp³-hybridized carbons (Fsp3) is 0. The second kappa shape index (κ2) is 4.79. The summed E-state index contributed by atoms with van der Waals surface area (Å²) >= 11 is 3.32. The van der Waals surface area contributed by atoms with E-state index in [9.17, 15) is 13.6 Å². The Kier molecular flexibility index (Phi) is 3.10. The minimum atomic E-state index is -1.07. The van der Waals surface area contributed by atoms with Crippen molar-refractivity contribution in [1.29, 1.82) is 0 Å². The molecule has 3 aromatic rings. The predicted molar refractivity (Wildman–Crippen MR) is 75.4 cm³/mol. The van der Waals surface area contributed by atoms with Crippen molar-refractivity contribution in [3.63, 3.8) is 0 Å². The average molecular weight is 337 g/mol. The molecule has 0 amide bonds. The number of nitrogens with one attached hydrogen (secondary N) is 1. The van der Waals surface area contributed by atoms with E-state index in [1.165, 1.54) is 0 Å². The lowest BCUT2D eigenvalue weighted by atomic mass is 10.2. The summed E-state index contributed by atoms with van der Waals surface area (Å²) in [6, 6.07) is 8.91. The molecule has 0 saturated heterocycles. The van der Waals surface area contributed by atoms with Crippen LogP contribution in [0, 0.1) is 11.6 Å². The maximum absolute atomic E-state index is 13.2. The van der Waals surface area contributed by atoms with Gasteiger partial charge in [0.2, 0.25) is 0 Å². The molecule has 3 rings (SSSR count). The molecule has 0 unspecified atom stereocenters. The fourth-order valence-electron chi connectivity index (χ4n) is 1.91. The number of nitrogens with zero attached hydrogens (tertiary/aromatic N) is 1. The lowest BCUT2D eigenvalue weighted by Crippen LogP contribution is -2.10. The Bertz CT molecular complexity index is 877. The van der Waals surface area contributed by atoms with E-state index in [-0.39, 0.29) is 10.9 Å². The van der Waals surface area contributed by atoms with Crippen molar-refractivity contribution in [1.82, 2.24) is 9.97 Å². The number of benzene rings is 2. The normalized spacial score (nSPS) is 10.9. The van der Waals surface area contributed by atoms with Gasteiger partial charge in [-0.25, -0.2) is 13.8 Å². The van der Waals surface area contributed by atoms with E-state index in [0.29, 0.717) is 11.4 Å². The minimum absolute atomic E-state index is 0.0163. The van der Waals surface area contributed by atoms with Crippen LogP contribution in [0.5, 0.6) is 0 Å². The molecule has 3 nitrogen and oxygen atoms in total. The summed E-state index contributed by atoms with van der Waals surface area (Å²) in [5, 5.41) is 0.0163. The maximum Gasteiger partial charge on any atom is 0.259 e. The van der Waals surface area contributed by atoms with Crippen LogP contribution >= 0.6 is 15.9 Å². The third-order valence-corrected chi connectivity index (χ3v) is 3.34. The number of fused-ring (bicyclic) bond motifs is 1. The Morgan fingerprint density at radius 2 is 1.85 bits per heavy atom. The summed E-state index contributed by atoms with van der Waals surface area (Å²) in [7, 11) is 0. The van der Waals surface area contributed by atoms with Crippen LogP contribution in [0.25, 0.3) is 22.3 Å². The molecule has 0 spiro atoms. The van der Waals surface area contributed by atoms with Crippen LogP contribution in [0.4, 0.5) is 8.78 Å². The van der Waals surface area contributed by atoms with Gasteiger partial charge < -0.3 is 4.98 Å². The molecule has 0 radical (unpaired) electrons. The van der Waals surface area contributed by atoms with E-state index in [1.807, 2.05) is 6.07 Å². The summed E-state index contributed by atoms with van der Waals surface area (Å²) < 4.78 is 27.2. The zero-order chi connectivity index (χ0) is 14.3. The molecule has 1 heterocycles. The van der Waals surface area contributed by atoms with Gasteiger partial charge in [-0.2, -0.15) is 0 Å². The highest BCUT2D eigenvalue weighted by Crippen LogP contribution is 2.21. The molecule has 0 atom stereocenters. The molecule has 2 aromatic carbocycles. The highest BCUT2D eigenvalue weighted by molar-refractivity contribution is 9.10. The summed E-state index contributed by atoms with van der Waals surface area (Å²) in [5.74, 6) is -1.80. The molecule has 1 aromatic heterocycles. The Labute approximate surface area is 120 Å². The standard InChI is InChI=1S/C14H7BrF2N2O/c15-8-3-1-2-7(4-8)13-18-12-6-11(17)10(16)5-9(12)14(20)19-13/h1-6H,(H,18,19,20). The van der Waals surface area contributed by atoms with Gasteiger partial charge >= 0.3 is 0 Å². The van der Waals surface area contributed by atoms with Crippen molar-refractivity contribution >= 4 is 26.8 Å². The van der Waals surface area contributed by atoms with Crippen molar-refractivity contribution in [2.75, 3.05) is 0 Å². The summed E-state index contributed by atoms with van der Waals surface area (Å²) in [4.78, 5) is 18.7. The Morgan fingerprint density at radius 1 is 1.10 bits per heavy atom. The highest BCUT2D eigenvalue weighted by Gasteiger charge is 2.10. The molecule has 1 N–H and O–H groups in total. The van der Waals surface area contributed by atoms with E-state index < -0.39 is 17.2 Å². The molecule has 0 aliphatic carbocycles. The third-order valence-electron chi connectivity index (χ3n) is 2.85. The van der Waals surface area contributed by atoms with E-state index in [1.54, 1.807) is 18.2 Å². The quantitative estimate of drug-likeness (QED) is 0.737. The van der Waals surface area contributed by atoms with E-state index >= 15 is 0 Å². The van der Waals surface area contributed by atoms with Gasteiger partial charge in [-0.05, 0) is 18.2 Å². The number of H-pyrrole nitrogens is 1. The van der Waals surface area contributed by atoms with Gasteiger partial charge in [-0.3, -0.25) is 4.79 Å². The van der Waals surface area contributed by atoms with Crippen LogP contribution in [0.15, 0.2) is 45.7 Å². The molecule has 0 fully saturated rings. The molecule has 0 saturated carbocycles. The van der Waals surface area contributed by atoms with E-state index in [4.69, 9.17) is 0 Å².